The van der Waals surface area contributed by atoms with Gasteiger partial charge in [0.2, 0.25) is 0 Å². The van der Waals surface area contributed by atoms with E-state index in [0.717, 1.165) is 6.07 Å². The van der Waals surface area contributed by atoms with Crippen LogP contribution in [0.25, 0.3) is 0 Å². The average Bonchev–Trinajstić information content (AvgIpc) is 2.37. The highest BCUT2D eigenvalue weighted by Gasteiger charge is 2.24. The molecule has 0 aromatic heterocycles. The normalized spacial score (nSPS) is 20.9. The van der Waals surface area contributed by atoms with Crippen LogP contribution in [0.3, 0.4) is 0 Å². The molecule has 1 aliphatic rings. The van der Waals surface area contributed by atoms with Crippen LogP contribution in [0.2, 0.25) is 0 Å². The summed E-state index contributed by atoms with van der Waals surface area (Å²) < 4.78 is 32.6. The molecule has 2 N–H and O–H groups in total. The van der Waals surface area contributed by atoms with Crippen molar-refractivity contribution in [3.8, 4) is 0 Å². The van der Waals surface area contributed by atoms with Crippen LogP contribution in [-0.2, 0) is 11.2 Å². The van der Waals surface area contributed by atoms with Gasteiger partial charge in [0.25, 0.3) is 0 Å². The summed E-state index contributed by atoms with van der Waals surface area (Å²) in [5.74, 6) is -0.913. The average molecular weight is 278 g/mol. The highest BCUT2D eigenvalue weighted by molar-refractivity contribution is 9.10. The highest BCUT2D eigenvalue weighted by atomic mass is 79.9. The van der Waals surface area contributed by atoms with Gasteiger partial charge in [0.1, 0.15) is 11.6 Å². The number of halogens is 3. The Labute approximate surface area is 94.5 Å². The van der Waals surface area contributed by atoms with E-state index < -0.39 is 17.7 Å². The van der Waals surface area contributed by atoms with Crippen LogP contribution < -0.4 is 5.73 Å². The van der Waals surface area contributed by atoms with Crippen molar-refractivity contribution in [2.75, 3.05) is 13.2 Å². The van der Waals surface area contributed by atoms with Crippen LogP contribution in [0.1, 0.15) is 17.2 Å². The molecule has 0 spiro atoms. The number of fused-ring (bicyclic) bond motifs is 1. The molecule has 0 radical (unpaired) electrons. The van der Waals surface area contributed by atoms with E-state index in [-0.39, 0.29) is 16.6 Å². The van der Waals surface area contributed by atoms with Gasteiger partial charge in [-0.2, -0.15) is 0 Å². The molecule has 1 heterocycles. The number of ether oxygens (including phenoxy) is 1. The molecular formula is C10H10BrF2NO. The van der Waals surface area contributed by atoms with Gasteiger partial charge in [-0.3, -0.25) is 0 Å². The van der Waals surface area contributed by atoms with Crippen LogP contribution in [0, 0.1) is 11.6 Å². The highest BCUT2D eigenvalue weighted by Crippen LogP contribution is 2.31. The minimum absolute atomic E-state index is 0.108. The number of nitrogens with two attached hydrogens (primary N) is 1. The minimum Gasteiger partial charge on any atom is -0.379 e. The molecule has 1 aliphatic heterocycles. The van der Waals surface area contributed by atoms with Crippen LogP contribution in [0.4, 0.5) is 8.78 Å². The van der Waals surface area contributed by atoms with Crippen molar-refractivity contribution in [1.82, 2.24) is 0 Å². The molecule has 1 aromatic carbocycles. The SMILES string of the molecule is NC1COCCc2c(F)cc(Br)c(F)c21. The summed E-state index contributed by atoms with van der Waals surface area (Å²) in [7, 11) is 0. The number of benzene rings is 1. The Kier molecular flexibility index (Phi) is 3.04. The first-order valence-electron chi connectivity index (χ1n) is 4.61. The van der Waals surface area contributed by atoms with Gasteiger partial charge in [0, 0.05) is 5.56 Å². The molecule has 0 saturated carbocycles. The van der Waals surface area contributed by atoms with E-state index in [9.17, 15) is 8.78 Å². The second-order valence-electron chi connectivity index (χ2n) is 3.48. The lowest BCUT2D eigenvalue weighted by molar-refractivity contribution is 0.130. The molecule has 0 aliphatic carbocycles. The van der Waals surface area contributed by atoms with Crippen LogP contribution in [0.5, 0.6) is 0 Å². The zero-order valence-corrected chi connectivity index (χ0v) is 9.48. The van der Waals surface area contributed by atoms with Gasteiger partial charge in [-0.25, -0.2) is 8.78 Å². The third kappa shape index (κ3) is 1.91. The summed E-state index contributed by atoms with van der Waals surface area (Å²) >= 11 is 2.97. The van der Waals surface area contributed by atoms with Crippen LogP contribution >= 0.6 is 15.9 Å². The van der Waals surface area contributed by atoms with E-state index in [1.165, 1.54) is 0 Å². The number of hydrogen-bond donors (Lipinski definition) is 1. The second kappa shape index (κ2) is 4.15. The van der Waals surface area contributed by atoms with Gasteiger partial charge in [-0.05, 0) is 34.0 Å². The Morgan fingerprint density at radius 3 is 2.93 bits per heavy atom. The Bertz CT molecular complexity index is 397. The van der Waals surface area contributed by atoms with Crippen molar-refractivity contribution in [3.63, 3.8) is 0 Å². The predicted octanol–water partition coefficient (Wildman–Crippen LogP) is 2.30. The third-order valence-corrected chi connectivity index (χ3v) is 3.05. The smallest absolute Gasteiger partial charge is 0.142 e. The van der Waals surface area contributed by atoms with Crippen molar-refractivity contribution in [1.29, 1.82) is 0 Å². The van der Waals surface area contributed by atoms with Crippen molar-refractivity contribution < 1.29 is 13.5 Å². The van der Waals surface area contributed by atoms with Crippen LogP contribution in [0.15, 0.2) is 10.5 Å². The summed E-state index contributed by atoms with van der Waals surface area (Å²) in [6.07, 6.45) is 0.360. The molecule has 82 valence electrons. The maximum Gasteiger partial charge on any atom is 0.142 e. The molecular weight excluding hydrogens is 268 g/mol. The Hall–Kier alpha value is -0.520. The molecule has 0 amide bonds. The van der Waals surface area contributed by atoms with E-state index in [0.29, 0.717) is 18.6 Å². The topological polar surface area (TPSA) is 35.2 Å². The Balaban J connectivity index is 2.63. The number of hydrogen-bond acceptors (Lipinski definition) is 2. The quantitative estimate of drug-likeness (QED) is 0.739. The molecule has 0 fully saturated rings. The van der Waals surface area contributed by atoms with Gasteiger partial charge in [-0.1, -0.05) is 0 Å². The molecule has 15 heavy (non-hydrogen) atoms. The molecule has 0 bridgehead atoms. The predicted molar refractivity (Wildman–Crippen MR) is 55.5 cm³/mol. The van der Waals surface area contributed by atoms with Crippen LogP contribution in [-0.4, -0.2) is 13.2 Å². The van der Waals surface area contributed by atoms with Crippen molar-refractivity contribution in [3.05, 3.63) is 33.3 Å². The first-order valence-corrected chi connectivity index (χ1v) is 5.40. The first-order chi connectivity index (χ1) is 7.11. The molecule has 1 atom stereocenters. The van der Waals surface area contributed by atoms with E-state index in [4.69, 9.17) is 10.5 Å². The molecule has 1 aromatic rings. The maximum absolute atomic E-state index is 13.7. The molecule has 0 saturated heterocycles. The van der Waals surface area contributed by atoms with Gasteiger partial charge in [0.05, 0.1) is 23.7 Å². The lowest BCUT2D eigenvalue weighted by Gasteiger charge is -2.14. The maximum atomic E-state index is 13.7. The minimum atomic E-state index is -0.602. The molecule has 1 unspecified atom stereocenters. The summed E-state index contributed by atoms with van der Waals surface area (Å²) in [5.41, 5.74) is 6.30. The zero-order chi connectivity index (χ0) is 11.0. The fraction of sp³-hybridized carbons (Fsp3) is 0.400. The zero-order valence-electron chi connectivity index (χ0n) is 7.90. The van der Waals surface area contributed by atoms with E-state index >= 15 is 0 Å². The fourth-order valence-corrected chi connectivity index (χ4v) is 2.17. The Morgan fingerprint density at radius 1 is 1.47 bits per heavy atom. The van der Waals surface area contributed by atoms with Gasteiger partial charge in [-0.15, -0.1) is 0 Å². The summed E-state index contributed by atoms with van der Waals surface area (Å²) in [5, 5.41) is 0. The number of rotatable bonds is 0. The van der Waals surface area contributed by atoms with Crippen molar-refractivity contribution >= 4 is 15.9 Å². The molecule has 2 rings (SSSR count). The largest absolute Gasteiger partial charge is 0.379 e. The standard InChI is InChI=1S/C10H10BrF2NO/c11-6-3-7(12)5-1-2-15-4-8(14)9(5)10(6)13/h3,8H,1-2,4,14H2. The summed E-state index contributed by atoms with van der Waals surface area (Å²) in [6.45, 7) is 0.596. The monoisotopic (exact) mass is 277 g/mol. The third-order valence-electron chi connectivity index (χ3n) is 2.48. The Morgan fingerprint density at radius 2 is 2.20 bits per heavy atom. The molecule has 2 nitrogen and oxygen atoms in total. The molecule has 5 heteroatoms. The second-order valence-corrected chi connectivity index (χ2v) is 4.33. The summed E-state index contributed by atoms with van der Waals surface area (Å²) in [6, 6.07) is 0.529. The van der Waals surface area contributed by atoms with Gasteiger partial charge >= 0.3 is 0 Å². The van der Waals surface area contributed by atoms with Gasteiger partial charge in [0.15, 0.2) is 0 Å². The first kappa shape index (κ1) is 11.0. The van der Waals surface area contributed by atoms with E-state index in [1.54, 1.807) is 0 Å². The van der Waals surface area contributed by atoms with E-state index in [2.05, 4.69) is 15.9 Å². The summed E-state index contributed by atoms with van der Waals surface area (Å²) in [4.78, 5) is 0. The van der Waals surface area contributed by atoms with Gasteiger partial charge < -0.3 is 10.5 Å². The van der Waals surface area contributed by atoms with E-state index in [1.807, 2.05) is 0 Å². The lowest BCUT2D eigenvalue weighted by atomic mass is 9.99. The van der Waals surface area contributed by atoms with Crippen molar-refractivity contribution in [2.24, 2.45) is 5.73 Å². The fourth-order valence-electron chi connectivity index (χ4n) is 1.76. The van der Waals surface area contributed by atoms with Crippen molar-refractivity contribution in [2.45, 2.75) is 12.5 Å². The lowest BCUT2D eigenvalue weighted by Crippen LogP contribution is -2.18.